The standard InChI is InChI=1S/C14H17N3O3S2/c1-10-2-3-12(21-10)8-14(18)16-13-4-6-15-17(13)11-5-7-22(19,20)9-11/h2-4,6,11H,5,7-9H2,1H3,(H,16,18)/t11-/m1/s1. The van der Waals surface area contributed by atoms with E-state index in [2.05, 4.69) is 10.4 Å². The highest BCUT2D eigenvalue weighted by Gasteiger charge is 2.30. The summed E-state index contributed by atoms with van der Waals surface area (Å²) in [7, 11) is -2.98. The van der Waals surface area contributed by atoms with Gasteiger partial charge in [-0.2, -0.15) is 5.10 Å². The van der Waals surface area contributed by atoms with E-state index in [0.717, 1.165) is 4.88 Å². The van der Waals surface area contributed by atoms with Crippen LogP contribution in [-0.2, 0) is 21.1 Å². The minimum Gasteiger partial charge on any atom is -0.311 e. The third-order valence-electron chi connectivity index (χ3n) is 3.62. The van der Waals surface area contributed by atoms with Gasteiger partial charge in [-0.15, -0.1) is 11.3 Å². The molecule has 118 valence electrons. The first-order valence-electron chi connectivity index (χ1n) is 7.02. The third kappa shape index (κ3) is 3.38. The second kappa shape index (κ2) is 5.85. The Balaban J connectivity index is 1.69. The van der Waals surface area contributed by atoms with Crippen LogP contribution in [0.25, 0.3) is 0 Å². The Morgan fingerprint density at radius 3 is 2.91 bits per heavy atom. The molecule has 1 aliphatic rings. The fourth-order valence-electron chi connectivity index (χ4n) is 2.60. The number of aryl methyl sites for hydroxylation is 1. The van der Waals surface area contributed by atoms with Crippen LogP contribution in [0.3, 0.4) is 0 Å². The molecule has 0 saturated carbocycles. The molecule has 2 aromatic heterocycles. The van der Waals surface area contributed by atoms with Crippen molar-refractivity contribution in [2.45, 2.75) is 25.8 Å². The summed E-state index contributed by atoms with van der Waals surface area (Å²) in [5.74, 6) is 0.700. The maximum atomic E-state index is 12.1. The van der Waals surface area contributed by atoms with Crippen molar-refractivity contribution in [3.8, 4) is 0 Å². The molecule has 8 heteroatoms. The largest absolute Gasteiger partial charge is 0.311 e. The Bertz CT molecular complexity index is 792. The number of nitrogens with one attached hydrogen (secondary N) is 1. The van der Waals surface area contributed by atoms with Gasteiger partial charge in [0.15, 0.2) is 9.84 Å². The fraction of sp³-hybridized carbons (Fsp3) is 0.429. The number of anilines is 1. The molecule has 1 saturated heterocycles. The van der Waals surface area contributed by atoms with E-state index in [0.29, 0.717) is 18.7 Å². The smallest absolute Gasteiger partial charge is 0.230 e. The average Bonchev–Trinajstić information content (AvgIpc) is 3.11. The van der Waals surface area contributed by atoms with Crippen LogP contribution in [0.5, 0.6) is 0 Å². The highest BCUT2D eigenvalue weighted by molar-refractivity contribution is 7.91. The van der Waals surface area contributed by atoms with E-state index in [1.807, 2.05) is 19.1 Å². The number of hydrogen-bond donors (Lipinski definition) is 1. The van der Waals surface area contributed by atoms with Gasteiger partial charge >= 0.3 is 0 Å². The Morgan fingerprint density at radius 2 is 2.27 bits per heavy atom. The predicted molar refractivity (Wildman–Crippen MR) is 85.9 cm³/mol. The van der Waals surface area contributed by atoms with Crippen molar-refractivity contribution >= 4 is 32.9 Å². The van der Waals surface area contributed by atoms with E-state index in [-0.39, 0.29) is 23.5 Å². The fourth-order valence-corrected chi connectivity index (χ4v) is 5.18. The lowest BCUT2D eigenvalue weighted by Gasteiger charge is -2.13. The number of carbonyl (C=O) groups is 1. The Kier molecular flexibility index (Phi) is 4.05. The van der Waals surface area contributed by atoms with Crippen molar-refractivity contribution in [3.63, 3.8) is 0 Å². The zero-order chi connectivity index (χ0) is 15.7. The summed E-state index contributed by atoms with van der Waals surface area (Å²) >= 11 is 1.60. The highest BCUT2D eigenvalue weighted by atomic mass is 32.2. The molecular weight excluding hydrogens is 322 g/mol. The van der Waals surface area contributed by atoms with E-state index in [1.54, 1.807) is 28.3 Å². The second-order valence-electron chi connectivity index (χ2n) is 5.46. The molecule has 0 aromatic carbocycles. The highest BCUT2D eigenvalue weighted by Crippen LogP contribution is 2.26. The quantitative estimate of drug-likeness (QED) is 0.921. The van der Waals surface area contributed by atoms with Gasteiger partial charge in [0.25, 0.3) is 0 Å². The number of nitrogens with zero attached hydrogens (tertiary/aromatic N) is 2. The van der Waals surface area contributed by atoms with Gasteiger partial charge in [-0.1, -0.05) is 0 Å². The Labute approximate surface area is 133 Å². The van der Waals surface area contributed by atoms with Crippen molar-refractivity contribution in [1.29, 1.82) is 0 Å². The molecule has 1 N–H and O–H groups in total. The van der Waals surface area contributed by atoms with Gasteiger partial charge in [-0.25, -0.2) is 13.1 Å². The van der Waals surface area contributed by atoms with Crippen molar-refractivity contribution in [1.82, 2.24) is 9.78 Å². The van der Waals surface area contributed by atoms with E-state index < -0.39 is 9.84 Å². The van der Waals surface area contributed by atoms with Gasteiger partial charge in [-0.3, -0.25) is 4.79 Å². The van der Waals surface area contributed by atoms with Gasteiger partial charge in [0.2, 0.25) is 5.91 Å². The molecule has 3 heterocycles. The lowest BCUT2D eigenvalue weighted by Crippen LogP contribution is -2.20. The van der Waals surface area contributed by atoms with Crippen molar-refractivity contribution in [3.05, 3.63) is 34.2 Å². The van der Waals surface area contributed by atoms with Crippen LogP contribution in [0.2, 0.25) is 0 Å². The van der Waals surface area contributed by atoms with Crippen LogP contribution in [0.4, 0.5) is 5.82 Å². The molecular formula is C14H17N3O3S2. The van der Waals surface area contributed by atoms with E-state index in [9.17, 15) is 13.2 Å². The van der Waals surface area contributed by atoms with Gasteiger partial charge in [0.05, 0.1) is 30.2 Å². The van der Waals surface area contributed by atoms with Crippen LogP contribution < -0.4 is 5.32 Å². The topological polar surface area (TPSA) is 81.1 Å². The van der Waals surface area contributed by atoms with Gasteiger partial charge < -0.3 is 5.32 Å². The second-order valence-corrected chi connectivity index (χ2v) is 9.06. The molecule has 1 amide bonds. The summed E-state index contributed by atoms with van der Waals surface area (Å²) in [5.41, 5.74) is 0. The molecule has 6 nitrogen and oxygen atoms in total. The molecule has 1 atom stereocenters. The number of amides is 1. The SMILES string of the molecule is Cc1ccc(CC(=O)Nc2ccnn2[C@@H]2CCS(=O)(=O)C2)s1. The molecule has 3 rings (SSSR count). The number of hydrogen-bond acceptors (Lipinski definition) is 5. The minimum atomic E-state index is -2.98. The molecule has 0 unspecified atom stereocenters. The van der Waals surface area contributed by atoms with Crippen LogP contribution in [0.1, 0.15) is 22.2 Å². The molecule has 1 aliphatic heterocycles. The Morgan fingerprint density at radius 1 is 1.45 bits per heavy atom. The molecule has 0 aliphatic carbocycles. The number of sulfone groups is 1. The van der Waals surface area contributed by atoms with Gasteiger partial charge in [0.1, 0.15) is 5.82 Å². The molecule has 0 bridgehead atoms. The Hall–Kier alpha value is -1.67. The van der Waals surface area contributed by atoms with E-state index in [4.69, 9.17) is 0 Å². The molecule has 0 spiro atoms. The first-order chi connectivity index (χ1) is 10.4. The number of rotatable bonds is 4. The molecule has 2 aromatic rings. The first-order valence-corrected chi connectivity index (χ1v) is 9.66. The molecule has 22 heavy (non-hydrogen) atoms. The van der Waals surface area contributed by atoms with Crippen molar-refractivity contribution < 1.29 is 13.2 Å². The zero-order valence-electron chi connectivity index (χ0n) is 12.2. The summed E-state index contributed by atoms with van der Waals surface area (Å²) in [6, 6.07) is 5.43. The summed E-state index contributed by atoms with van der Waals surface area (Å²) < 4.78 is 24.8. The maximum Gasteiger partial charge on any atom is 0.230 e. The summed E-state index contributed by atoms with van der Waals surface area (Å²) in [4.78, 5) is 14.3. The number of thiophene rings is 1. The number of aromatic nitrogens is 2. The van der Waals surface area contributed by atoms with Crippen molar-refractivity contribution in [2.75, 3.05) is 16.8 Å². The molecule has 1 fully saturated rings. The van der Waals surface area contributed by atoms with Gasteiger partial charge in [-0.05, 0) is 25.5 Å². The zero-order valence-corrected chi connectivity index (χ0v) is 13.8. The summed E-state index contributed by atoms with van der Waals surface area (Å²) in [6.45, 7) is 2.00. The lowest BCUT2D eigenvalue weighted by molar-refractivity contribution is -0.115. The summed E-state index contributed by atoms with van der Waals surface area (Å²) in [5, 5.41) is 6.99. The average molecular weight is 339 g/mol. The minimum absolute atomic E-state index is 0.0850. The summed E-state index contributed by atoms with van der Waals surface area (Å²) in [6.07, 6.45) is 2.43. The normalized spacial score (nSPS) is 20.1. The number of carbonyl (C=O) groups excluding carboxylic acids is 1. The third-order valence-corrected chi connectivity index (χ3v) is 6.37. The van der Waals surface area contributed by atoms with Crippen LogP contribution in [0, 0.1) is 6.92 Å². The lowest BCUT2D eigenvalue weighted by atomic mass is 10.3. The van der Waals surface area contributed by atoms with Crippen LogP contribution in [0.15, 0.2) is 24.4 Å². The first kappa shape index (κ1) is 15.2. The van der Waals surface area contributed by atoms with Crippen LogP contribution >= 0.6 is 11.3 Å². The van der Waals surface area contributed by atoms with E-state index in [1.165, 1.54) is 4.88 Å². The van der Waals surface area contributed by atoms with Crippen molar-refractivity contribution in [2.24, 2.45) is 0 Å². The van der Waals surface area contributed by atoms with Crippen LogP contribution in [-0.4, -0.2) is 35.6 Å². The monoisotopic (exact) mass is 339 g/mol. The predicted octanol–water partition coefficient (Wildman–Crippen LogP) is 1.79. The molecule has 0 radical (unpaired) electrons. The van der Waals surface area contributed by atoms with E-state index >= 15 is 0 Å². The van der Waals surface area contributed by atoms with Gasteiger partial charge in [0, 0.05) is 15.8 Å². The maximum absolute atomic E-state index is 12.1.